The number of benzene rings is 3. The predicted octanol–water partition coefficient (Wildman–Crippen LogP) is 3.59. The molecular formula is C23H20ClN3O7S. The molecule has 1 unspecified atom stereocenters. The third-order valence-corrected chi connectivity index (χ3v) is 7.69. The van der Waals surface area contributed by atoms with Crippen LogP contribution in [0, 0.1) is 10.1 Å². The van der Waals surface area contributed by atoms with Gasteiger partial charge in [-0.1, -0.05) is 29.8 Å². The van der Waals surface area contributed by atoms with Gasteiger partial charge in [0.1, 0.15) is 16.4 Å². The maximum atomic E-state index is 13.9. The minimum atomic E-state index is -4.63. The number of nitrogens with zero attached hydrogens (tertiary/aromatic N) is 2. The smallest absolute Gasteiger partial charge is 0.274 e. The van der Waals surface area contributed by atoms with Crippen molar-refractivity contribution in [2.45, 2.75) is 17.4 Å². The summed E-state index contributed by atoms with van der Waals surface area (Å²) in [7, 11) is -3.46. The van der Waals surface area contributed by atoms with Crippen molar-refractivity contribution in [3.05, 3.63) is 86.9 Å². The van der Waals surface area contributed by atoms with Crippen LogP contribution in [0.2, 0.25) is 5.02 Å². The number of rotatable bonds is 7. The molecule has 1 aliphatic heterocycles. The van der Waals surface area contributed by atoms with Gasteiger partial charge in [0, 0.05) is 22.2 Å². The van der Waals surface area contributed by atoms with Gasteiger partial charge in [0.2, 0.25) is 0 Å². The topological polar surface area (TPSA) is 142 Å². The molecule has 4 rings (SSSR count). The Labute approximate surface area is 206 Å². The summed E-state index contributed by atoms with van der Waals surface area (Å²) in [5.41, 5.74) is 4.73. The lowest BCUT2D eigenvalue weighted by Crippen LogP contribution is -2.49. The van der Waals surface area contributed by atoms with Crippen molar-refractivity contribution in [1.82, 2.24) is 0 Å². The summed E-state index contributed by atoms with van der Waals surface area (Å²) in [4.78, 5) is 23.9. The molecule has 1 amide bonds. The van der Waals surface area contributed by atoms with E-state index in [0.29, 0.717) is 16.7 Å². The summed E-state index contributed by atoms with van der Waals surface area (Å²) in [6, 6.07) is 13.8. The summed E-state index contributed by atoms with van der Waals surface area (Å²) >= 11 is 6.39. The van der Waals surface area contributed by atoms with Crippen molar-refractivity contribution in [2.75, 3.05) is 18.0 Å². The van der Waals surface area contributed by atoms with Gasteiger partial charge in [0.25, 0.3) is 21.6 Å². The maximum Gasteiger partial charge on any atom is 0.274 e. The number of ether oxygens (including phenoxy) is 2. The zero-order chi connectivity index (χ0) is 25.5. The number of nitrogens with two attached hydrogens (primary N) is 1. The average molecular weight is 518 g/mol. The van der Waals surface area contributed by atoms with E-state index < -0.39 is 31.3 Å². The number of anilines is 1. The molecule has 0 aliphatic carbocycles. The van der Waals surface area contributed by atoms with E-state index in [0.717, 1.165) is 18.2 Å². The number of carbonyl (C=O) groups is 1. The Kier molecular flexibility index (Phi) is 6.18. The molecule has 182 valence electrons. The average Bonchev–Trinajstić information content (AvgIpc) is 3.06. The highest BCUT2D eigenvalue weighted by Gasteiger charge is 2.55. The number of fused-ring (bicyclic) bond motifs is 1. The number of halogens is 1. The van der Waals surface area contributed by atoms with E-state index in [1.807, 2.05) is 0 Å². The SMILES string of the molecule is CCOc1ccc2c(c1)C(N)(c1ccccc1Cl)C(=O)N2S(=O)(=O)c1ccc([N+](=O)[O-])cc1OC. The number of carbonyl (C=O) groups excluding carboxylic acids is 1. The number of nitro benzene ring substituents is 1. The van der Waals surface area contributed by atoms with Gasteiger partial charge in [-0.15, -0.1) is 0 Å². The minimum absolute atomic E-state index is 0.00118. The summed E-state index contributed by atoms with van der Waals surface area (Å²) in [5.74, 6) is -0.894. The van der Waals surface area contributed by atoms with Crippen molar-refractivity contribution in [3.63, 3.8) is 0 Å². The first-order chi connectivity index (χ1) is 16.6. The van der Waals surface area contributed by atoms with E-state index in [-0.39, 0.29) is 33.3 Å². The van der Waals surface area contributed by atoms with Crippen LogP contribution in [0.3, 0.4) is 0 Å². The van der Waals surface area contributed by atoms with E-state index in [2.05, 4.69) is 0 Å². The Morgan fingerprint density at radius 1 is 1.11 bits per heavy atom. The third kappa shape index (κ3) is 3.77. The van der Waals surface area contributed by atoms with Gasteiger partial charge in [0.15, 0.2) is 5.54 Å². The summed E-state index contributed by atoms with van der Waals surface area (Å²) < 4.78 is 38.9. The molecule has 0 saturated heterocycles. The molecule has 0 radical (unpaired) electrons. The second-order valence-electron chi connectivity index (χ2n) is 7.57. The van der Waals surface area contributed by atoms with Crippen LogP contribution in [0.1, 0.15) is 18.1 Å². The van der Waals surface area contributed by atoms with Crippen LogP contribution >= 0.6 is 11.6 Å². The molecule has 3 aromatic rings. The highest BCUT2D eigenvalue weighted by molar-refractivity contribution is 7.93. The zero-order valence-corrected chi connectivity index (χ0v) is 20.2. The number of non-ortho nitro benzene ring substituents is 1. The number of sulfonamides is 1. The lowest BCUT2D eigenvalue weighted by atomic mass is 9.85. The van der Waals surface area contributed by atoms with E-state index in [9.17, 15) is 23.3 Å². The van der Waals surface area contributed by atoms with Gasteiger partial charge in [0.05, 0.1) is 30.4 Å². The number of methoxy groups -OCH3 is 1. The largest absolute Gasteiger partial charge is 0.495 e. The van der Waals surface area contributed by atoms with Crippen LogP contribution < -0.4 is 19.5 Å². The molecule has 0 saturated carbocycles. The second-order valence-corrected chi connectivity index (χ2v) is 9.73. The fraction of sp³-hybridized carbons (Fsp3) is 0.174. The first-order valence-corrected chi connectivity index (χ1v) is 12.1. The standard InChI is InChI=1S/C23H20ClN3O7S/c1-3-34-15-9-10-19-17(13-15)23(25,16-6-4-5-7-18(16)24)22(28)26(19)35(31,32)21-11-8-14(27(29)30)12-20(21)33-2/h4-13H,3,25H2,1-2H3. The highest BCUT2D eigenvalue weighted by Crippen LogP contribution is 2.48. The molecule has 0 bridgehead atoms. The lowest BCUT2D eigenvalue weighted by Gasteiger charge is -2.26. The van der Waals surface area contributed by atoms with E-state index >= 15 is 0 Å². The van der Waals surface area contributed by atoms with E-state index in [1.165, 1.54) is 25.3 Å². The molecule has 0 aromatic heterocycles. The molecule has 10 nitrogen and oxygen atoms in total. The van der Waals surface area contributed by atoms with Crippen molar-refractivity contribution < 1.29 is 27.6 Å². The van der Waals surface area contributed by atoms with Crippen LogP contribution in [-0.2, 0) is 20.4 Å². The van der Waals surface area contributed by atoms with E-state index in [4.69, 9.17) is 26.8 Å². The molecular weight excluding hydrogens is 498 g/mol. The molecule has 35 heavy (non-hydrogen) atoms. The molecule has 1 atom stereocenters. The van der Waals surface area contributed by atoms with Gasteiger partial charge in [-0.25, -0.2) is 12.7 Å². The highest BCUT2D eigenvalue weighted by atomic mass is 35.5. The minimum Gasteiger partial charge on any atom is -0.495 e. The monoisotopic (exact) mass is 517 g/mol. The van der Waals surface area contributed by atoms with Crippen LogP contribution in [0.15, 0.2) is 65.6 Å². The summed E-state index contributed by atoms with van der Waals surface area (Å²) in [6.45, 7) is 2.11. The second kappa shape index (κ2) is 8.84. The van der Waals surface area contributed by atoms with E-state index in [1.54, 1.807) is 31.2 Å². The van der Waals surface area contributed by atoms with Gasteiger partial charge < -0.3 is 15.2 Å². The Hall–Kier alpha value is -3.67. The van der Waals surface area contributed by atoms with Crippen LogP contribution in [0.4, 0.5) is 11.4 Å². The van der Waals surface area contributed by atoms with Crippen LogP contribution in [0.5, 0.6) is 11.5 Å². The third-order valence-electron chi connectivity index (χ3n) is 5.62. The Morgan fingerprint density at radius 2 is 1.83 bits per heavy atom. The van der Waals surface area contributed by atoms with Crippen LogP contribution in [0.25, 0.3) is 0 Å². The van der Waals surface area contributed by atoms with Crippen molar-refractivity contribution in [1.29, 1.82) is 0 Å². The number of amides is 1. The van der Waals surface area contributed by atoms with Crippen molar-refractivity contribution in [2.24, 2.45) is 5.73 Å². The molecule has 0 fully saturated rings. The zero-order valence-electron chi connectivity index (χ0n) is 18.6. The Bertz CT molecular complexity index is 1460. The molecule has 0 spiro atoms. The molecule has 1 heterocycles. The van der Waals surface area contributed by atoms with Crippen molar-refractivity contribution >= 4 is 38.9 Å². The number of nitro groups is 1. The molecule has 2 N–H and O–H groups in total. The quantitative estimate of drug-likeness (QED) is 0.370. The first-order valence-electron chi connectivity index (χ1n) is 10.3. The Balaban J connectivity index is 1.98. The fourth-order valence-corrected chi connectivity index (χ4v) is 5.91. The summed E-state index contributed by atoms with van der Waals surface area (Å²) in [6.07, 6.45) is 0. The molecule has 12 heteroatoms. The van der Waals surface area contributed by atoms with Gasteiger partial charge >= 0.3 is 0 Å². The number of hydrogen-bond donors (Lipinski definition) is 1. The van der Waals surface area contributed by atoms with Gasteiger partial charge in [-0.05, 0) is 37.3 Å². The fourth-order valence-electron chi connectivity index (χ4n) is 4.01. The van der Waals surface area contributed by atoms with Crippen LogP contribution in [-0.4, -0.2) is 33.0 Å². The number of hydrogen-bond acceptors (Lipinski definition) is 8. The molecule has 1 aliphatic rings. The normalized spacial score (nSPS) is 17.3. The Morgan fingerprint density at radius 3 is 2.46 bits per heavy atom. The summed E-state index contributed by atoms with van der Waals surface area (Å²) in [5, 5.41) is 11.3. The predicted molar refractivity (Wildman–Crippen MR) is 128 cm³/mol. The lowest BCUT2D eigenvalue weighted by molar-refractivity contribution is -0.385. The molecule has 3 aromatic carbocycles. The van der Waals surface area contributed by atoms with Crippen molar-refractivity contribution in [3.8, 4) is 11.5 Å². The van der Waals surface area contributed by atoms with Gasteiger partial charge in [-0.2, -0.15) is 0 Å². The first kappa shape index (κ1) is 24.5. The van der Waals surface area contributed by atoms with Gasteiger partial charge in [-0.3, -0.25) is 14.9 Å². The maximum absolute atomic E-state index is 13.9.